The summed E-state index contributed by atoms with van der Waals surface area (Å²) < 4.78 is 100. The smallest absolute Gasteiger partial charge is 0.737 e. The van der Waals surface area contributed by atoms with Gasteiger partial charge in [-0.25, -0.2) is 13.2 Å². The number of allylic oxidation sites excluding steroid dienone is 2. The molecule has 0 spiro atoms. The molecule has 5 heterocycles. The summed E-state index contributed by atoms with van der Waals surface area (Å²) in [5, 5.41) is 37.0. The Morgan fingerprint density at radius 3 is 2.15 bits per heavy atom. The van der Waals surface area contributed by atoms with E-state index in [0.29, 0.717) is 104 Å². The van der Waals surface area contributed by atoms with Gasteiger partial charge in [-0.15, -0.1) is 11.3 Å². The molecule has 0 aliphatic carbocycles. The molecular formula is C68H94BF2N10O19S3+. The molecule has 2 aromatic heterocycles. The molecule has 4 unspecified atom stereocenters. The number of amides is 5. The van der Waals surface area contributed by atoms with E-state index in [1.165, 1.54) is 31.4 Å². The van der Waals surface area contributed by atoms with Crippen LogP contribution < -0.4 is 40.3 Å². The van der Waals surface area contributed by atoms with Gasteiger partial charge in [-0.3, -0.25) is 44.0 Å². The molecule has 29 nitrogen and oxygen atoms in total. The first-order valence-corrected chi connectivity index (χ1v) is 37.5. The number of benzene rings is 2. The fraction of sp³-hybridized carbons (Fsp3) is 0.515. The lowest BCUT2D eigenvalue weighted by Gasteiger charge is -2.31. The van der Waals surface area contributed by atoms with Gasteiger partial charge < -0.3 is 76.2 Å². The number of halogens is 2. The van der Waals surface area contributed by atoms with Crippen molar-refractivity contribution in [1.82, 2.24) is 25.5 Å². The first-order valence-electron chi connectivity index (χ1n) is 34.1. The SMILES string of the molecule is COc1cc(C(C)OC(=O)ON2C(=O)CCC2=O)c([N+](=O)[O-])cc1OCC[NH+](C)CCNC(=O)C(CCCC[N+](C)(C)C)NC(=O)C(CCCC[N+](C)(C)C)NC(=O)CCCOc1ccc(/C=C/c2cc(CCCS(=O)(=O)[O-])c3n2[B-](F)(F)[N+]2=C(c4cccs4)C=C(CCCSOO[O-])C2=C3)cc1. The summed E-state index contributed by atoms with van der Waals surface area (Å²) in [6, 6.07) is 12.5. The molecule has 4 aromatic rings. The van der Waals surface area contributed by atoms with Gasteiger partial charge >= 0.3 is 13.1 Å². The van der Waals surface area contributed by atoms with Gasteiger partial charge in [0.15, 0.2) is 22.9 Å². The number of imide groups is 1. The molecule has 0 bridgehead atoms. The number of ether oxygens (including phenoxy) is 4. The van der Waals surface area contributed by atoms with Gasteiger partial charge in [-0.2, -0.15) is 4.33 Å². The molecule has 4 atom stereocenters. The number of aryl methyl sites for hydroxylation is 1. The van der Waals surface area contributed by atoms with Gasteiger partial charge in [-0.05, 0) is 130 Å². The maximum Gasteiger partial charge on any atom is 0.737 e. The van der Waals surface area contributed by atoms with Crippen molar-refractivity contribution in [3.8, 4) is 17.2 Å². The van der Waals surface area contributed by atoms with Gasteiger partial charge in [0.05, 0.1) is 121 Å². The third-order valence-electron chi connectivity index (χ3n) is 17.2. The summed E-state index contributed by atoms with van der Waals surface area (Å²) in [5.41, 5.74) is 2.10. The molecule has 3 aliphatic rings. The van der Waals surface area contributed by atoms with Gasteiger partial charge in [0.1, 0.15) is 37.1 Å². The van der Waals surface area contributed by atoms with Crippen LogP contribution in [0.25, 0.3) is 18.2 Å². The molecule has 35 heteroatoms. The van der Waals surface area contributed by atoms with Crippen molar-refractivity contribution in [2.24, 2.45) is 0 Å². The van der Waals surface area contributed by atoms with Crippen LogP contribution in [-0.4, -0.2) is 215 Å². The fourth-order valence-corrected chi connectivity index (χ4v) is 13.5. The monoisotopic (exact) mass is 1500 g/mol. The summed E-state index contributed by atoms with van der Waals surface area (Å²) in [7, 11) is 11.0. The summed E-state index contributed by atoms with van der Waals surface area (Å²) in [6.45, 7) is -0.397. The van der Waals surface area contributed by atoms with Gasteiger partial charge in [0.25, 0.3) is 17.5 Å². The topological polar surface area (TPSA) is 342 Å². The number of hydrogen-bond donors (Lipinski definition) is 4. The number of nitro groups is 1. The van der Waals surface area contributed by atoms with Crippen molar-refractivity contribution >= 4 is 106 Å². The second kappa shape index (κ2) is 38.1. The van der Waals surface area contributed by atoms with Gasteiger partial charge in [0.2, 0.25) is 17.7 Å². The predicted molar refractivity (Wildman–Crippen MR) is 379 cm³/mol. The number of fused-ring (bicyclic) bond motifs is 2. The second-order valence-electron chi connectivity index (χ2n) is 27.5. The molecular weight excluding hydrogens is 1410 g/mol. The molecule has 1 fully saturated rings. The van der Waals surface area contributed by atoms with Crippen LogP contribution in [0.3, 0.4) is 0 Å². The third-order valence-corrected chi connectivity index (χ3v) is 19.5. The van der Waals surface area contributed by atoms with Crippen LogP contribution in [0.1, 0.15) is 129 Å². The quantitative estimate of drug-likeness (QED) is 0.00397. The second-order valence-corrected chi connectivity index (χ2v) is 30.7. The number of hydroxylamine groups is 2. The van der Waals surface area contributed by atoms with Crippen molar-refractivity contribution in [3.05, 3.63) is 120 Å². The average Bonchev–Trinajstić information content (AvgIpc) is 1.56. The molecule has 4 N–H and O–H groups in total. The highest BCUT2D eigenvalue weighted by molar-refractivity contribution is 7.94. The fourth-order valence-electron chi connectivity index (χ4n) is 11.9. The van der Waals surface area contributed by atoms with E-state index < -0.39 is 81.4 Å². The van der Waals surface area contributed by atoms with E-state index in [2.05, 4.69) is 67.6 Å². The molecule has 0 radical (unpaired) electrons. The Morgan fingerprint density at radius 2 is 1.52 bits per heavy atom. The van der Waals surface area contributed by atoms with Crippen molar-refractivity contribution < 1.29 is 112 Å². The van der Waals surface area contributed by atoms with Crippen LogP contribution in [0.4, 0.5) is 19.1 Å². The summed E-state index contributed by atoms with van der Waals surface area (Å²) >= 11 is 2.11. The number of carbonyl (C=O) groups excluding carboxylic acids is 6. The highest BCUT2D eigenvalue weighted by Crippen LogP contribution is 2.42. The Balaban J connectivity index is 0.945. The number of unbranched alkanes of at least 4 members (excludes halogenated alkanes) is 2. The van der Waals surface area contributed by atoms with Crippen LogP contribution in [-0.2, 0) is 59.5 Å². The number of nitrogens with zero attached hydrogens (tertiary/aromatic N) is 6. The Labute approximate surface area is 606 Å². The van der Waals surface area contributed by atoms with Gasteiger partial charge in [0, 0.05) is 71.9 Å². The molecule has 2 aromatic carbocycles. The van der Waals surface area contributed by atoms with Crippen LogP contribution >= 0.6 is 23.4 Å². The number of likely N-dealkylation sites (N-methyl/N-ethyl adjacent to an activating group) is 1. The summed E-state index contributed by atoms with van der Waals surface area (Å²) in [6.07, 6.45) is 8.16. The van der Waals surface area contributed by atoms with E-state index >= 15 is 8.63 Å². The Hall–Kier alpha value is -8.13. The third kappa shape index (κ3) is 25.0. The zero-order chi connectivity index (χ0) is 75.2. The lowest BCUT2D eigenvalue weighted by molar-refractivity contribution is -0.878. The minimum atomic E-state index is -4.58. The summed E-state index contributed by atoms with van der Waals surface area (Å²) in [4.78, 5) is 96.2. The molecule has 3 aliphatic heterocycles. The maximum absolute atomic E-state index is 17.5. The van der Waals surface area contributed by atoms with Crippen LogP contribution in [0.15, 0.2) is 77.3 Å². The standard InChI is InChI=1S/C68H93BF2N10O19S3/c1-47(97-68(87)98-78-64(83)30-31-65(78)84)53-44-60(94-9)61(46-58(53)79(88)89)96-38-34-75(2)33-32-72-66(85)54(20-10-12-35-80(3,4)5)74-67(86)55(21-11-13-36-81(6,7)8)73-63(82)23-14-37-95-52-28-25-48(26-29-52)24-27-51-42-49(19-17-41-103(91,92)93)56-45-57-50(18-15-40-102-100-99-90)43-59(62-22-16-39-101-62)77(57)69(70,71)76(51)56/h16,22,24-29,39,42-47,54-55H,10-15,17-21,23,30-38,40-41H2,1-9H3,(H3-2,72,73,74,82,85,86,90,91,92,93)/p+1/b27-24+. The number of carbonyl (C=O) groups is 6. The highest BCUT2D eigenvalue weighted by atomic mass is 32.2. The molecule has 7 rings (SSSR count). The average molecular weight is 1500 g/mol. The maximum atomic E-state index is 17.5. The largest absolute Gasteiger partial charge is 0.748 e. The number of nitrogens with one attached hydrogen (secondary N) is 4. The molecule has 5 amide bonds. The Kier molecular flexibility index (Phi) is 30.4. The normalized spacial score (nSPS) is 15.6. The molecule has 103 heavy (non-hydrogen) atoms. The van der Waals surface area contributed by atoms with Crippen molar-refractivity contribution in [3.63, 3.8) is 0 Å². The number of hydrogen-bond acceptors (Lipinski definition) is 21. The first kappa shape index (κ1) is 82.2. The van der Waals surface area contributed by atoms with E-state index in [4.69, 9.17) is 23.8 Å². The van der Waals surface area contributed by atoms with Gasteiger partial charge in [-0.1, -0.05) is 29.3 Å². The van der Waals surface area contributed by atoms with E-state index in [0.717, 1.165) is 57.9 Å². The number of thiophene rings is 1. The lowest BCUT2D eigenvalue weighted by Crippen LogP contribution is -3.10. The summed E-state index contributed by atoms with van der Waals surface area (Å²) in [5.74, 6) is -2.47. The van der Waals surface area contributed by atoms with E-state index in [-0.39, 0.29) is 98.3 Å². The number of aromatic nitrogens is 1. The first-order chi connectivity index (χ1) is 48.7. The Bertz CT molecular complexity index is 3860. The minimum absolute atomic E-state index is 0.0117. The zero-order valence-electron chi connectivity index (χ0n) is 59.6. The van der Waals surface area contributed by atoms with Crippen molar-refractivity contribution in [1.29, 1.82) is 0 Å². The van der Waals surface area contributed by atoms with E-state index in [1.807, 2.05) is 7.05 Å². The number of methoxy groups -OCH3 is 1. The molecule has 0 saturated carbocycles. The zero-order valence-corrected chi connectivity index (χ0v) is 62.0. The molecule has 1 saturated heterocycles. The lowest BCUT2D eigenvalue weighted by atomic mass is 9.88. The van der Waals surface area contributed by atoms with Crippen LogP contribution in [0, 0.1) is 10.1 Å². The number of rotatable bonds is 44. The van der Waals surface area contributed by atoms with Crippen LogP contribution in [0.2, 0.25) is 0 Å². The minimum Gasteiger partial charge on any atom is -0.748 e. The van der Waals surface area contributed by atoms with Crippen molar-refractivity contribution in [2.75, 3.05) is 114 Å². The number of nitro benzene ring substituents is 1. The Morgan fingerprint density at radius 1 is 0.845 bits per heavy atom. The number of quaternary nitrogens is 3. The van der Waals surface area contributed by atoms with Crippen molar-refractivity contribution in [2.45, 2.75) is 115 Å². The molecule has 564 valence electrons. The highest BCUT2D eigenvalue weighted by Gasteiger charge is 2.55. The van der Waals surface area contributed by atoms with Crippen LogP contribution in [0.5, 0.6) is 17.2 Å². The van der Waals surface area contributed by atoms with E-state index in [9.17, 15) is 57.1 Å². The van der Waals surface area contributed by atoms with E-state index in [1.54, 1.807) is 72.1 Å². The predicted octanol–water partition coefficient (Wildman–Crippen LogP) is 5.66.